The van der Waals surface area contributed by atoms with Gasteiger partial charge in [0.25, 0.3) is 0 Å². The van der Waals surface area contributed by atoms with Crippen LogP contribution in [0.3, 0.4) is 0 Å². The highest BCUT2D eigenvalue weighted by Crippen LogP contribution is 2.36. The number of ether oxygens (including phenoxy) is 2. The molecule has 172 valence electrons. The number of imide groups is 1. The van der Waals surface area contributed by atoms with Crippen molar-refractivity contribution in [1.82, 2.24) is 20.2 Å². The minimum absolute atomic E-state index is 0.348. The van der Waals surface area contributed by atoms with Crippen molar-refractivity contribution < 1.29 is 19.1 Å². The first-order valence-electron chi connectivity index (χ1n) is 10.8. The number of thioether (sulfide) groups is 1. The molecule has 9 heteroatoms. The number of fused-ring (bicyclic) bond motifs is 1. The monoisotopic (exact) mass is 466 g/mol. The van der Waals surface area contributed by atoms with Crippen LogP contribution < -0.4 is 20.1 Å². The van der Waals surface area contributed by atoms with Gasteiger partial charge in [0.05, 0.1) is 17.1 Å². The van der Waals surface area contributed by atoms with E-state index in [9.17, 15) is 9.59 Å². The van der Waals surface area contributed by atoms with Crippen molar-refractivity contribution in [1.29, 1.82) is 0 Å². The van der Waals surface area contributed by atoms with Crippen molar-refractivity contribution in [3.8, 4) is 22.8 Å². The molecular weight excluding hydrogens is 440 g/mol. The summed E-state index contributed by atoms with van der Waals surface area (Å²) in [5, 5.41) is 5.30. The third-order valence-corrected chi connectivity index (χ3v) is 6.26. The molecule has 33 heavy (non-hydrogen) atoms. The van der Waals surface area contributed by atoms with Gasteiger partial charge in [-0.15, -0.1) is 0 Å². The Morgan fingerprint density at radius 2 is 1.88 bits per heavy atom. The molecule has 1 aliphatic rings. The molecule has 0 aliphatic carbocycles. The lowest BCUT2D eigenvalue weighted by atomic mass is 10.1. The molecule has 0 fully saturated rings. The smallest absolute Gasteiger partial charge is 0.321 e. The van der Waals surface area contributed by atoms with Gasteiger partial charge in [-0.2, -0.15) is 0 Å². The summed E-state index contributed by atoms with van der Waals surface area (Å²) in [5.41, 5.74) is 2.84. The maximum absolute atomic E-state index is 12.5. The maximum Gasteiger partial charge on any atom is 0.321 e. The summed E-state index contributed by atoms with van der Waals surface area (Å²) in [7, 11) is 0. The fourth-order valence-corrected chi connectivity index (χ4v) is 4.39. The number of benzene rings is 2. The van der Waals surface area contributed by atoms with Gasteiger partial charge in [0.1, 0.15) is 13.2 Å². The minimum atomic E-state index is -0.521. The van der Waals surface area contributed by atoms with Gasteiger partial charge in [-0.05, 0) is 37.6 Å². The Morgan fingerprint density at radius 3 is 2.64 bits per heavy atom. The van der Waals surface area contributed by atoms with Crippen molar-refractivity contribution >= 4 is 23.7 Å². The third kappa shape index (κ3) is 5.48. The third-order valence-electron chi connectivity index (χ3n) is 5.16. The molecule has 0 radical (unpaired) electrons. The summed E-state index contributed by atoms with van der Waals surface area (Å²) < 4.78 is 13.3. The van der Waals surface area contributed by atoms with E-state index in [1.165, 1.54) is 11.8 Å². The zero-order valence-corrected chi connectivity index (χ0v) is 19.4. The summed E-state index contributed by atoms with van der Waals surface area (Å²) in [6.45, 7) is 5.87. The number of amides is 3. The number of carbonyl (C=O) groups is 2. The van der Waals surface area contributed by atoms with Crippen molar-refractivity contribution in [2.45, 2.75) is 37.3 Å². The van der Waals surface area contributed by atoms with E-state index in [-0.39, 0.29) is 5.91 Å². The number of carbonyl (C=O) groups excluding carboxylic acids is 2. The summed E-state index contributed by atoms with van der Waals surface area (Å²) in [6, 6.07) is 14.8. The molecule has 2 heterocycles. The van der Waals surface area contributed by atoms with Gasteiger partial charge in [0, 0.05) is 18.7 Å². The van der Waals surface area contributed by atoms with Gasteiger partial charge in [0.15, 0.2) is 16.7 Å². The second kappa shape index (κ2) is 10.4. The first-order valence-corrected chi connectivity index (χ1v) is 11.7. The number of imidazole rings is 1. The van der Waals surface area contributed by atoms with E-state index < -0.39 is 11.3 Å². The summed E-state index contributed by atoms with van der Waals surface area (Å²) in [5.74, 6) is 1.07. The van der Waals surface area contributed by atoms with E-state index in [1.807, 2.05) is 60.0 Å². The van der Waals surface area contributed by atoms with Crippen LogP contribution in [0.1, 0.15) is 19.4 Å². The molecule has 2 aromatic carbocycles. The molecule has 0 saturated carbocycles. The molecule has 1 unspecified atom stereocenters. The van der Waals surface area contributed by atoms with E-state index in [2.05, 4.69) is 15.6 Å². The van der Waals surface area contributed by atoms with Gasteiger partial charge >= 0.3 is 6.03 Å². The topological polar surface area (TPSA) is 94.5 Å². The van der Waals surface area contributed by atoms with Crippen LogP contribution in [-0.4, -0.2) is 40.0 Å². The molecule has 8 nitrogen and oxygen atoms in total. The van der Waals surface area contributed by atoms with Gasteiger partial charge < -0.3 is 19.4 Å². The largest absolute Gasteiger partial charge is 0.486 e. The van der Waals surface area contributed by atoms with Crippen LogP contribution in [0.2, 0.25) is 0 Å². The maximum atomic E-state index is 12.5. The van der Waals surface area contributed by atoms with Crippen LogP contribution in [-0.2, 0) is 17.9 Å². The number of urea groups is 1. The van der Waals surface area contributed by atoms with Crippen molar-refractivity contribution in [3.05, 3.63) is 60.3 Å². The molecule has 1 atom stereocenters. The number of aromatic nitrogens is 2. The first kappa shape index (κ1) is 22.7. The number of hydrogen-bond acceptors (Lipinski definition) is 6. The lowest BCUT2D eigenvalue weighted by Crippen LogP contribution is -2.42. The number of nitrogens with one attached hydrogen (secondary N) is 2. The summed E-state index contributed by atoms with van der Waals surface area (Å²) in [6.07, 6.45) is 1.79. The van der Waals surface area contributed by atoms with Gasteiger partial charge in [0.2, 0.25) is 5.91 Å². The second-order valence-electron chi connectivity index (χ2n) is 7.45. The fourth-order valence-electron chi connectivity index (χ4n) is 3.44. The molecule has 1 aromatic heterocycles. The Kier molecular flexibility index (Phi) is 7.19. The molecule has 0 spiro atoms. The van der Waals surface area contributed by atoms with E-state index in [0.29, 0.717) is 37.2 Å². The van der Waals surface area contributed by atoms with Crippen LogP contribution in [0.25, 0.3) is 11.3 Å². The lowest BCUT2D eigenvalue weighted by molar-refractivity contribution is -0.119. The van der Waals surface area contributed by atoms with Crippen LogP contribution in [0.5, 0.6) is 11.5 Å². The van der Waals surface area contributed by atoms with Crippen molar-refractivity contribution in [3.63, 3.8) is 0 Å². The SMILES string of the molecule is CCn1c(-c2ccc3c(c2)OCCO3)cnc1SC(C)C(=O)NC(=O)NCc1ccccc1. The average molecular weight is 467 g/mol. The van der Waals surface area contributed by atoms with Crippen LogP contribution in [0, 0.1) is 0 Å². The van der Waals surface area contributed by atoms with Crippen LogP contribution >= 0.6 is 11.8 Å². The Balaban J connectivity index is 1.38. The summed E-state index contributed by atoms with van der Waals surface area (Å²) >= 11 is 1.31. The van der Waals surface area contributed by atoms with E-state index in [4.69, 9.17) is 9.47 Å². The van der Waals surface area contributed by atoms with Crippen LogP contribution in [0.15, 0.2) is 59.9 Å². The van der Waals surface area contributed by atoms with E-state index in [1.54, 1.807) is 13.1 Å². The number of hydrogen-bond donors (Lipinski definition) is 2. The van der Waals surface area contributed by atoms with E-state index in [0.717, 1.165) is 22.6 Å². The highest BCUT2D eigenvalue weighted by atomic mass is 32.2. The molecule has 2 N–H and O–H groups in total. The first-order chi connectivity index (χ1) is 16.0. The normalized spacial score (nSPS) is 13.3. The Labute approximate surface area is 196 Å². The standard InChI is InChI=1S/C24H26N4O4S/c1-3-28-19(18-9-10-20-21(13-18)32-12-11-31-20)15-26-24(28)33-16(2)22(29)27-23(30)25-14-17-7-5-4-6-8-17/h4-10,13,15-16H,3,11-12,14H2,1-2H3,(H2,25,27,29,30). The Bertz CT molecular complexity index is 1130. The lowest BCUT2D eigenvalue weighted by Gasteiger charge is -2.19. The molecule has 0 saturated heterocycles. The van der Waals surface area contributed by atoms with E-state index >= 15 is 0 Å². The average Bonchev–Trinajstić information content (AvgIpc) is 3.25. The Hall–Kier alpha value is -3.46. The molecule has 1 aliphatic heterocycles. The highest BCUT2D eigenvalue weighted by Gasteiger charge is 2.21. The van der Waals surface area contributed by atoms with Crippen molar-refractivity contribution in [2.24, 2.45) is 0 Å². The molecule has 3 aromatic rings. The molecule has 3 amide bonds. The zero-order chi connectivity index (χ0) is 23.2. The predicted octanol–water partition coefficient (Wildman–Crippen LogP) is 3.85. The molecule has 0 bridgehead atoms. The zero-order valence-electron chi connectivity index (χ0n) is 18.5. The predicted molar refractivity (Wildman–Crippen MR) is 126 cm³/mol. The fraction of sp³-hybridized carbons (Fsp3) is 0.292. The number of rotatable bonds is 7. The summed E-state index contributed by atoms with van der Waals surface area (Å²) in [4.78, 5) is 29.2. The van der Waals surface area contributed by atoms with Crippen LogP contribution in [0.4, 0.5) is 4.79 Å². The van der Waals surface area contributed by atoms with Gasteiger partial charge in [-0.3, -0.25) is 10.1 Å². The highest BCUT2D eigenvalue weighted by molar-refractivity contribution is 8.00. The quantitative estimate of drug-likeness (QED) is 0.514. The van der Waals surface area contributed by atoms with Gasteiger partial charge in [-0.25, -0.2) is 9.78 Å². The Morgan fingerprint density at radius 1 is 1.12 bits per heavy atom. The van der Waals surface area contributed by atoms with Crippen molar-refractivity contribution in [2.75, 3.05) is 13.2 Å². The second-order valence-corrected chi connectivity index (χ2v) is 8.75. The molecule has 4 rings (SSSR count). The minimum Gasteiger partial charge on any atom is -0.486 e. The number of nitrogens with zero attached hydrogens (tertiary/aromatic N) is 2. The van der Waals surface area contributed by atoms with Gasteiger partial charge in [-0.1, -0.05) is 42.1 Å². The molecular formula is C24H26N4O4S.